The second kappa shape index (κ2) is 9.38. The van der Waals surface area contributed by atoms with Crippen molar-refractivity contribution in [3.8, 4) is 0 Å². The molecule has 2 rings (SSSR count). The Morgan fingerprint density at radius 1 is 1.23 bits per heavy atom. The molecule has 2 aromatic rings. The minimum Gasteiger partial charge on any atom is -0.355 e. The van der Waals surface area contributed by atoms with Gasteiger partial charge in [0.2, 0.25) is 0 Å². The van der Waals surface area contributed by atoms with E-state index in [9.17, 15) is 0 Å². The number of aliphatic imine (C=N–C) groups is 1. The molecule has 0 fully saturated rings. The van der Waals surface area contributed by atoms with E-state index in [4.69, 9.17) is 0 Å². The van der Waals surface area contributed by atoms with Crippen molar-refractivity contribution >= 4 is 5.96 Å². The van der Waals surface area contributed by atoms with Gasteiger partial charge in [0.05, 0.1) is 5.69 Å². The number of nitrogens with one attached hydrogen (secondary N) is 2. The number of guanidine groups is 1. The summed E-state index contributed by atoms with van der Waals surface area (Å²) in [5.74, 6) is 0.813. The maximum atomic E-state index is 4.46. The van der Waals surface area contributed by atoms with Gasteiger partial charge in [0.1, 0.15) is 0 Å². The Morgan fingerprint density at radius 2 is 1.92 bits per heavy atom. The van der Waals surface area contributed by atoms with Gasteiger partial charge in [-0.25, -0.2) is 0 Å². The van der Waals surface area contributed by atoms with Crippen LogP contribution in [-0.2, 0) is 20.1 Å². The molecule has 0 aliphatic carbocycles. The summed E-state index contributed by atoms with van der Waals surface area (Å²) in [4.78, 5) is 6.67. The molecule has 1 aromatic heterocycles. The van der Waals surface area contributed by atoms with Gasteiger partial charge in [-0.2, -0.15) is 5.10 Å². The minimum atomic E-state index is 0.385. The van der Waals surface area contributed by atoms with Crippen LogP contribution in [0.1, 0.15) is 29.4 Å². The molecule has 0 aliphatic rings. The van der Waals surface area contributed by atoms with Crippen LogP contribution in [0.3, 0.4) is 0 Å². The van der Waals surface area contributed by atoms with Crippen LogP contribution < -0.4 is 10.6 Å². The van der Waals surface area contributed by atoms with Crippen LogP contribution in [0.15, 0.2) is 35.3 Å². The molecule has 2 N–H and O–H groups in total. The second-order valence-corrected chi connectivity index (χ2v) is 6.83. The maximum Gasteiger partial charge on any atom is 0.191 e. The van der Waals surface area contributed by atoms with E-state index in [0.717, 1.165) is 31.3 Å². The summed E-state index contributed by atoms with van der Waals surface area (Å²) in [7, 11) is 5.93. The number of rotatable bonds is 7. The lowest BCUT2D eigenvalue weighted by Gasteiger charge is -2.25. The zero-order valence-electron chi connectivity index (χ0n) is 16.9. The van der Waals surface area contributed by atoms with Crippen LogP contribution in [0.25, 0.3) is 0 Å². The Hall–Kier alpha value is -2.34. The van der Waals surface area contributed by atoms with Gasteiger partial charge in [0, 0.05) is 51.0 Å². The normalized spacial score (nSPS) is 13.1. The lowest BCUT2D eigenvalue weighted by molar-refractivity contribution is 0.249. The first-order valence-electron chi connectivity index (χ1n) is 9.10. The van der Waals surface area contributed by atoms with Gasteiger partial charge < -0.3 is 10.6 Å². The van der Waals surface area contributed by atoms with Gasteiger partial charge in [0.15, 0.2) is 5.96 Å². The summed E-state index contributed by atoms with van der Waals surface area (Å²) >= 11 is 0. The van der Waals surface area contributed by atoms with Crippen LogP contribution in [-0.4, -0.2) is 47.3 Å². The molecule has 0 spiro atoms. The summed E-state index contributed by atoms with van der Waals surface area (Å²) in [6, 6.07) is 10.9. The van der Waals surface area contributed by atoms with Crippen molar-refractivity contribution in [3.05, 3.63) is 52.8 Å². The highest BCUT2D eigenvalue weighted by Crippen LogP contribution is 2.11. The molecule has 26 heavy (non-hydrogen) atoms. The molecule has 1 aromatic carbocycles. The Balaban J connectivity index is 1.82. The molecule has 6 nitrogen and oxygen atoms in total. The van der Waals surface area contributed by atoms with Gasteiger partial charge in [-0.05, 0) is 33.4 Å². The van der Waals surface area contributed by atoms with Crippen LogP contribution in [0.5, 0.6) is 0 Å². The first-order valence-corrected chi connectivity index (χ1v) is 9.10. The molecule has 1 heterocycles. The first kappa shape index (κ1) is 20.0. The molecular formula is C20H32N6. The number of nitrogens with zero attached hydrogens (tertiary/aromatic N) is 4. The van der Waals surface area contributed by atoms with Gasteiger partial charge in [-0.1, -0.05) is 30.3 Å². The molecule has 0 bridgehead atoms. The average Bonchev–Trinajstić information content (AvgIpc) is 2.88. The molecule has 142 valence electrons. The zero-order chi connectivity index (χ0) is 19.1. The summed E-state index contributed by atoms with van der Waals surface area (Å²) in [6.45, 7) is 8.84. The number of hydrogen-bond acceptors (Lipinski definition) is 3. The SMILES string of the molecule is CN=C(NCc1c(C)nn(C)c1C)NCC(C)N(C)Cc1ccccc1. The lowest BCUT2D eigenvalue weighted by atomic mass is 10.2. The van der Waals surface area contributed by atoms with Crippen molar-refractivity contribution in [2.24, 2.45) is 12.0 Å². The molecule has 0 saturated carbocycles. The summed E-state index contributed by atoms with van der Waals surface area (Å²) in [6.07, 6.45) is 0. The fourth-order valence-electron chi connectivity index (χ4n) is 2.89. The van der Waals surface area contributed by atoms with E-state index in [2.05, 4.69) is 76.9 Å². The predicted molar refractivity (Wildman–Crippen MR) is 108 cm³/mol. The van der Waals surface area contributed by atoms with E-state index in [-0.39, 0.29) is 0 Å². The monoisotopic (exact) mass is 356 g/mol. The third-order valence-corrected chi connectivity index (χ3v) is 4.91. The molecule has 6 heteroatoms. The number of aryl methyl sites for hydroxylation is 2. The summed E-state index contributed by atoms with van der Waals surface area (Å²) in [5, 5.41) is 11.3. The van der Waals surface area contributed by atoms with Gasteiger partial charge >= 0.3 is 0 Å². The molecule has 0 amide bonds. The maximum absolute atomic E-state index is 4.46. The highest BCUT2D eigenvalue weighted by molar-refractivity contribution is 5.79. The van der Waals surface area contributed by atoms with Crippen molar-refractivity contribution in [1.29, 1.82) is 0 Å². The number of likely N-dealkylation sites (N-methyl/N-ethyl adjacent to an activating group) is 1. The molecule has 0 saturated heterocycles. The molecule has 1 unspecified atom stereocenters. The fraction of sp³-hybridized carbons (Fsp3) is 0.500. The third kappa shape index (κ3) is 5.33. The highest BCUT2D eigenvalue weighted by Gasteiger charge is 2.12. The second-order valence-electron chi connectivity index (χ2n) is 6.83. The van der Waals surface area contributed by atoms with Crippen LogP contribution >= 0.6 is 0 Å². The Bertz CT molecular complexity index is 719. The van der Waals surface area contributed by atoms with E-state index >= 15 is 0 Å². The quantitative estimate of drug-likeness (QED) is 0.590. The van der Waals surface area contributed by atoms with E-state index in [1.807, 2.05) is 18.7 Å². The highest BCUT2D eigenvalue weighted by atomic mass is 15.3. The van der Waals surface area contributed by atoms with Crippen LogP contribution in [0.2, 0.25) is 0 Å². The van der Waals surface area contributed by atoms with Crippen molar-refractivity contribution in [1.82, 2.24) is 25.3 Å². The smallest absolute Gasteiger partial charge is 0.191 e. The summed E-state index contributed by atoms with van der Waals surface area (Å²) < 4.78 is 1.92. The van der Waals surface area contributed by atoms with Crippen molar-refractivity contribution in [2.75, 3.05) is 20.6 Å². The fourth-order valence-corrected chi connectivity index (χ4v) is 2.89. The third-order valence-electron chi connectivity index (χ3n) is 4.91. The van der Waals surface area contributed by atoms with E-state index in [1.165, 1.54) is 16.8 Å². The minimum absolute atomic E-state index is 0.385. The van der Waals surface area contributed by atoms with Gasteiger partial charge in [0.25, 0.3) is 0 Å². The van der Waals surface area contributed by atoms with Crippen LogP contribution in [0, 0.1) is 13.8 Å². The number of benzene rings is 1. The summed E-state index contributed by atoms with van der Waals surface area (Å²) in [5.41, 5.74) is 4.79. The van der Waals surface area contributed by atoms with E-state index < -0.39 is 0 Å². The van der Waals surface area contributed by atoms with Gasteiger partial charge in [-0.15, -0.1) is 0 Å². The molecule has 0 radical (unpaired) electrons. The Morgan fingerprint density at radius 3 is 2.50 bits per heavy atom. The van der Waals surface area contributed by atoms with E-state index in [1.54, 1.807) is 7.05 Å². The number of hydrogen-bond donors (Lipinski definition) is 2. The zero-order valence-corrected chi connectivity index (χ0v) is 16.9. The number of aromatic nitrogens is 2. The predicted octanol–water partition coefficient (Wildman–Crippen LogP) is 2.22. The van der Waals surface area contributed by atoms with Crippen molar-refractivity contribution in [2.45, 2.75) is 39.9 Å². The van der Waals surface area contributed by atoms with Crippen molar-refractivity contribution < 1.29 is 0 Å². The lowest BCUT2D eigenvalue weighted by Crippen LogP contribution is -2.44. The van der Waals surface area contributed by atoms with E-state index in [0.29, 0.717) is 6.04 Å². The van der Waals surface area contributed by atoms with Gasteiger partial charge in [-0.3, -0.25) is 14.6 Å². The van der Waals surface area contributed by atoms with Crippen LogP contribution in [0.4, 0.5) is 0 Å². The first-order chi connectivity index (χ1) is 12.4. The Kier molecular flexibility index (Phi) is 7.21. The molecular weight excluding hydrogens is 324 g/mol. The van der Waals surface area contributed by atoms with Crippen molar-refractivity contribution in [3.63, 3.8) is 0 Å². The molecule has 1 atom stereocenters. The molecule has 0 aliphatic heterocycles. The average molecular weight is 357 g/mol. The Labute approximate surface area is 157 Å². The largest absolute Gasteiger partial charge is 0.355 e. The standard InChI is InChI=1S/C20H32N6/c1-15(25(5)14-18-10-8-7-9-11-18)12-22-20(21-4)23-13-19-16(2)24-26(6)17(19)3/h7-11,15H,12-14H2,1-6H3,(H2,21,22,23). The topological polar surface area (TPSA) is 57.5 Å².